The smallest absolute Gasteiger partial charge is 0.241 e. The number of anilines is 1. The molecule has 0 aliphatic carbocycles. The van der Waals surface area contributed by atoms with Crippen molar-refractivity contribution < 1.29 is 9.53 Å². The first kappa shape index (κ1) is 13.9. The molecule has 2 N–H and O–H groups in total. The van der Waals surface area contributed by atoms with E-state index in [1.54, 1.807) is 0 Å². The van der Waals surface area contributed by atoms with Crippen LogP contribution >= 0.6 is 0 Å². The molecule has 0 aromatic heterocycles. The zero-order valence-electron chi connectivity index (χ0n) is 11.8. The highest BCUT2D eigenvalue weighted by molar-refractivity contribution is 5.95. The second kappa shape index (κ2) is 6.06. The number of benzene rings is 1. The topological polar surface area (TPSA) is 50.4 Å². The number of rotatable bonds is 4. The lowest BCUT2D eigenvalue weighted by atomic mass is 10.1. The molecule has 1 aromatic carbocycles. The molecule has 1 heterocycles. The summed E-state index contributed by atoms with van der Waals surface area (Å²) < 4.78 is 5.63. The molecule has 0 saturated carbocycles. The number of carbonyl (C=O) groups excluding carboxylic acids is 1. The molecule has 1 aromatic rings. The average Bonchev–Trinajstić information content (AvgIpc) is 2.85. The molecular formula is C15H22N2O2. The van der Waals surface area contributed by atoms with Crippen molar-refractivity contribution in [1.82, 2.24) is 5.32 Å². The molecule has 0 spiro atoms. The van der Waals surface area contributed by atoms with Crippen molar-refractivity contribution in [2.75, 3.05) is 11.9 Å². The first-order chi connectivity index (χ1) is 9.06. The molecule has 4 heteroatoms. The summed E-state index contributed by atoms with van der Waals surface area (Å²) in [6.07, 6.45) is 2.14. The predicted molar refractivity (Wildman–Crippen MR) is 76.6 cm³/mol. The van der Waals surface area contributed by atoms with Crippen LogP contribution in [0.5, 0.6) is 5.75 Å². The highest BCUT2D eigenvalue weighted by atomic mass is 16.5. The lowest BCUT2D eigenvalue weighted by Crippen LogP contribution is -2.35. The molecule has 0 bridgehead atoms. The van der Waals surface area contributed by atoms with Crippen molar-refractivity contribution in [2.24, 2.45) is 0 Å². The first-order valence-electron chi connectivity index (χ1n) is 6.88. The molecule has 1 atom stereocenters. The maximum atomic E-state index is 12.0. The SMILES string of the molecule is Cc1cc(OC(C)C)ccc1NC(=O)[C@@H]1CCCN1. The lowest BCUT2D eigenvalue weighted by Gasteiger charge is -2.15. The molecule has 1 fully saturated rings. The molecule has 2 rings (SSSR count). The third kappa shape index (κ3) is 3.70. The number of carbonyl (C=O) groups is 1. The molecule has 1 aliphatic heterocycles. The van der Waals surface area contributed by atoms with Crippen molar-refractivity contribution in [1.29, 1.82) is 0 Å². The van der Waals surface area contributed by atoms with Crippen LogP contribution in [0.3, 0.4) is 0 Å². The molecule has 1 saturated heterocycles. The summed E-state index contributed by atoms with van der Waals surface area (Å²) in [6, 6.07) is 5.70. The van der Waals surface area contributed by atoms with E-state index >= 15 is 0 Å². The van der Waals surface area contributed by atoms with Crippen molar-refractivity contribution in [2.45, 2.75) is 45.8 Å². The summed E-state index contributed by atoms with van der Waals surface area (Å²) in [5.41, 5.74) is 1.87. The van der Waals surface area contributed by atoms with E-state index in [9.17, 15) is 4.79 Å². The van der Waals surface area contributed by atoms with E-state index in [0.717, 1.165) is 36.4 Å². The molecule has 104 valence electrons. The van der Waals surface area contributed by atoms with E-state index in [2.05, 4.69) is 10.6 Å². The van der Waals surface area contributed by atoms with Crippen molar-refractivity contribution in [3.8, 4) is 5.75 Å². The van der Waals surface area contributed by atoms with Crippen molar-refractivity contribution in [3.63, 3.8) is 0 Å². The Morgan fingerprint density at radius 2 is 2.26 bits per heavy atom. The van der Waals surface area contributed by atoms with Crippen LogP contribution in [0.25, 0.3) is 0 Å². The quantitative estimate of drug-likeness (QED) is 0.876. The second-order valence-electron chi connectivity index (χ2n) is 5.28. The molecule has 19 heavy (non-hydrogen) atoms. The number of aryl methyl sites for hydroxylation is 1. The van der Waals surface area contributed by atoms with Gasteiger partial charge >= 0.3 is 0 Å². The lowest BCUT2D eigenvalue weighted by molar-refractivity contribution is -0.117. The Balaban J connectivity index is 2.02. The van der Waals surface area contributed by atoms with Crippen LogP contribution in [-0.2, 0) is 4.79 Å². The van der Waals surface area contributed by atoms with Crippen LogP contribution in [0.1, 0.15) is 32.3 Å². The Hall–Kier alpha value is -1.55. The highest BCUT2D eigenvalue weighted by Gasteiger charge is 2.22. The molecular weight excluding hydrogens is 240 g/mol. The summed E-state index contributed by atoms with van der Waals surface area (Å²) >= 11 is 0. The van der Waals surface area contributed by atoms with E-state index in [4.69, 9.17) is 4.74 Å². The number of ether oxygens (including phenoxy) is 1. The van der Waals surface area contributed by atoms with E-state index in [1.807, 2.05) is 39.0 Å². The van der Waals surface area contributed by atoms with Gasteiger partial charge in [0.2, 0.25) is 5.91 Å². The van der Waals surface area contributed by atoms with Crippen molar-refractivity contribution >= 4 is 11.6 Å². The third-order valence-electron chi connectivity index (χ3n) is 3.20. The second-order valence-corrected chi connectivity index (χ2v) is 5.28. The summed E-state index contributed by atoms with van der Waals surface area (Å²) in [5, 5.41) is 6.17. The fourth-order valence-corrected chi connectivity index (χ4v) is 2.25. The van der Waals surface area contributed by atoms with E-state index in [1.165, 1.54) is 0 Å². The fourth-order valence-electron chi connectivity index (χ4n) is 2.25. The number of amides is 1. The van der Waals surface area contributed by atoms with Crippen molar-refractivity contribution in [3.05, 3.63) is 23.8 Å². The average molecular weight is 262 g/mol. The van der Waals surface area contributed by atoms with Gasteiger partial charge in [-0.15, -0.1) is 0 Å². The maximum Gasteiger partial charge on any atom is 0.241 e. The maximum absolute atomic E-state index is 12.0. The third-order valence-corrected chi connectivity index (χ3v) is 3.20. The van der Waals surface area contributed by atoms with Crippen LogP contribution in [0.2, 0.25) is 0 Å². The van der Waals surface area contributed by atoms with Crippen LogP contribution in [0.15, 0.2) is 18.2 Å². The minimum Gasteiger partial charge on any atom is -0.491 e. The van der Waals surface area contributed by atoms with Crippen LogP contribution in [-0.4, -0.2) is 24.6 Å². The van der Waals surface area contributed by atoms with Gasteiger partial charge in [0.05, 0.1) is 12.1 Å². The zero-order valence-corrected chi connectivity index (χ0v) is 11.8. The summed E-state index contributed by atoms with van der Waals surface area (Å²) in [5.74, 6) is 0.891. The first-order valence-corrected chi connectivity index (χ1v) is 6.88. The van der Waals surface area contributed by atoms with Crippen LogP contribution < -0.4 is 15.4 Å². The van der Waals surface area contributed by atoms with Crippen LogP contribution in [0, 0.1) is 6.92 Å². The molecule has 1 amide bonds. The normalized spacial score (nSPS) is 18.6. The number of hydrogen-bond donors (Lipinski definition) is 2. The molecule has 4 nitrogen and oxygen atoms in total. The van der Waals surface area contributed by atoms with Gasteiger partial charge in [0.25, 0.3) is 0 Å². The Labute approximate surface area is 114 Å². The van der Waals surface area contributed by atoms with Gasteiger partial charge in [-0.2, -0.15) is 0 Å². The van der Waals surface area contributed by atoms with Gasteiger partial charge in [0.1, 0.15) is 5.75 Å². The Bertz CT molecular complexity index is 451. The highest BCUT2D eigenvalue weighted by Crippen LogP contribution is 2.22. The van der Waals surface area contributed by atoms with Gasteiger partial charge in [0.15, 0.2) is 0 Å². The fraction of sp³-hybridized carbons (Fsp3) is 0.533. The number of hydrogen-bond acceptors (Lipinski definition) is 3. The van der Waals surface area contributed by atoms with Gasteiger partial charge in [-0.1, -0.05) is 0 Å². The molecule has 0 radical (unpaired) electrons. The van der Waals surface area contributed by atoms with E-state index < -0.39 is 0 Å². The van der Waals surface area contributed by atoms with E-state index in [-0.39, 0.29) is 18.1 Å². The summed E-state index contributed by atoms with van der Waals surface area (Å²) in [7, 11) is 0. The summed E-state index contributed by atoms with van der Waals surface area (Å²) in [6.45, 7) is 6.90. The Morgan fingerprint density at radius 1 is 1.47 bits per heavy atom. The molecule has 1 aliphatic rings. The Kier molecular flexibility index (Phi) is 4.43. The van der Waals surface area contributed by atoms with Gasteiger partial charge in [-0.05, 0) is 63.9 Å². The monoisotopic (exact) mass is 262 g/mol. The van der Waals surface area contributed by atoms with E-state index in [0.29, 0.717) is 0 Å². The van der Waals surface area contributed by atoms with Crippen LogP contribution in [0.4, 0.5) is 5.69 Å². The van der Waals surface area contributed by atoms with Gasteiger partial charge in [-0.3, -0.25) is 4.79 Å². The Morgan fingerprint density at radius 3 is 2.84 bits per heavy atom. The predicted octanol–water partition coefficient (Wildman–Crippen LogP) is 2.47. The summed E-state index contributed by atoms with van der Waals surface area (Å²) in [4.78, 5) is 12.0. The number of nitrogens with one attached hydrogen (secondary N) is 2. The van der Waals surface area contributed by atoms with Gasteiger partial charge in [0, 0.05) is 5.69 Å². The zero-order chi connectivity index (χ0) is 13.8. The minimum absolute atomic E-state index is 0.0500. The largest absolute Gasteiger partial charge is 0.491 e. The molecule has 0 unspecified atom stereocenters. The van der Waals surface area contributed by atoms with Gasteiger partial charge in [-0.25, -0.2) is 0 Å². The standard InChI is InChI=1S/C15H22N2O2/c1-10(2)19-12-6-7-13(11(3)9-12)17-15(18)14-5-4-8-16-14/h6-7,9-10,14,16H,4-5,8H2,1-3H3,(H,17,18)/t14-/m0/s1. The van der Waals surface area contributed by atoms with Gasteiger partial charge < -0.3 is 15.4 Å². The minimum atomic E-state index is -0.0500.